The molecule has 0 atom stereocenters. The zero-order valence-electron chi connectivity index (χ0n) is 27.4. The Morgan fingerprint density at radius 2 is 1.75 bits per heavy atom. The van der Waals surface area contributed by atoms with Gasteiger partial charge >= 0.3 is 0 Å². The molecule has 10 heteroatoms. The molecule has 1 saturated heterocycles. The molecule has 0 spiro atoms. The molecule has 1 saturated carbocycles. The van der Waals surface area contributed by atoms with Gasteiger partial charge < -0.3 is 29.5 Å². The first-order valence-electron chi connectivity index (χ1n) is 16.8. The Hall–Kier alpha value is -4.80. The third-order valence-corrected chi connectivity index (χ3v) is 9.90. The van der Waals surface area contributed by atoms with Crippen LogP contribution in [0.25, 0.3) is 11.3 Å². The molecule has 48 heavy (non-hydrogen) atoms. The van der Waals surface area contributed by atoms with Crippen LogP contribution in [0.3, 0.4) is 0 Å². The maximum atomic E-state index is 13.7. The van der Waals surface area contributed by atoms with Crippen LogP contribution in [0.15, 0.2) is 71.7 Å². The number of aliphatic hydroxyl groups excluding tert-OH is 1. The van der Waals surface area contributed by atoms with Gasteiger partial charge in [-0.15, -0.1) is 0 Å². The van der Waals surface area contributed by atoms with Crippen molar-refractivity contribution < 1.29 is 19.4 Å². The number of nitrogens with one attached hydrogen (secondary N) is 1. The van der Waals surface area contributed by atoms with Gasteiger partial charge in [0, 0.05) is 74.5 Å². The minimum Gasteiger partial charge on any atom is -0.392 e. The summed E-state index contributed by atoms with van der Waals surface area (Å²) in [5.41, 5.74) is 6.28. The number of likely N-dealkylation sites (tertiary alicyclic amines) is 1. The number of aryl methyl sites for hydroxylation is 1. The molecule has 248 valence electrons. The van der Waals surface area contributed by atoms with Crippen molar-refractivity contribution in [3.8, 4) is 11.3 Å². The highest BCUT2D eigenvalue weighted by Crippen LogP contribution is 2.41. The quantitative estimate of drug-likeness (QED) is 0.255. The fourth-order valence-corrected chi connectivity index (χ4v) is 7.01. The number of piperidine rings is 1. The number of benzene rings is 3. The lowest BCUT2D eigenvalue weighted by Crippen LogP contribution is -2.39. The molecule has 3 aliphatic rings. The Bertz CT molecular complexity index is 1910. The maximum Gasteiger partial charge on any atom is 0.293 e. The van der Waals surface area contributed by atoms with Gasteiger partial charge in [-0.25, -0.2) is 4.98 Å². The van der Waals surface area contributed by atoms with E-state index in [-0.39, 0.29) is 29.8 Å². The van der Waals surface area contributed by atoms with Crippen molar-refractivity contribution in [2.45, 2.75) is 44.6 Å². The minimum absolute atomic E-state index is 0.0106. The van der Waals surface area contributed by atoms with Crippen molar-refractivity contribution in [2.24, 2.45) is 13.0 Å². The monoisotopic (exact) mass is 647 g/mol. The third-order valence-electron chi connectivity index (χ3n) is 9.90. The summed E-state index contributed by atoms with van der Waals surface area (Å²) in [5, 5.41) is 13.7. The predicted molar refractivity (Wildman–Crippen MR) is 185 cm³/mol. The summed E-state index contributed by atoms with van der Waals surface area (Å²) in [4.78, 5) is 48.3. The number of aliphatic hydroxyl groups is 1. The Balaban J connectivity index is 1.11. The second-order valence-corrected chi connectivity index (χ2v) is 13.1. The molecule has 10 nitrogen and oxygen atoms in total. The number of hydrogen-bond acceptors (Lipinski definition) is 7. The molecule has 0 unspecified atom stereocenters. The highest BCUT2D eigenvalue weighted by molar-refractivity contribution is 6.09. The highest BCUT2D eigenvalue weighted by Gasteiger charge is 2.31. The predicted octanol–water partition coefficient (Wildman–Crippen LogP) is 5.26. The lowest BCUT2D eigenvalue weighted by molar-refractivity contribution is 0.0613. The van der Waals surface area contributed by atoms with E-state index >= 15 is 0 Å². The van der Waals surface area contributed by atoms with Crippen molar-refractivity contribution in [2.75, 3.05) is 43.6 Å². The first kappa shape index (κ1) is 31.8. The first-order valence-corrected chi connectivity index (χ1v) is 16.8. The Morgan fingerprint density at radius 3 is 2.46 bits per heavy atom. The molecule has 3 heterocycles. The van der Waals surface area contributed by atoms with Crippen LogP contribution in [0.1, 0.15) is 69.0 Å². The number of aromatic nitrogens is 2. The van der Waals surface area contributed by atoms with Gasteiger partial charge in [-0.1, -0.05) is 24.3 Å². The molecule has 0 bridgehead atoms. The zero-order valence-corrected chi connectivity index (χ0v) is 27.4. The van der Waals surface area contributed by atoms with E-state index in [1.165, 1.54) is 23.0 Å². The number of methoxy groups -OCH3 is 1. The maximum absolute atomic E-state index is 13.7. The normalized spacial score (nSPS) is 16.6. The molecule has 1 aliphatic carbocycles. The van der Waals surface area contributed by atoms with Crippen molar-refractivity contribution in [1.29, 1.82) is 0 Å². The van der Waals surface area contributed by atoms with E-state index in [4.69, 9.17) is 4.74 Å². The van der Waals surface area contributed by atoms with Crippen LogP contribution in [0.4, 0.5) is 17.2 Å². The molecule has 4 aromatic rings. The number of carbonyl (C=O) groups is 2. The van der Waals surface area contributed by atoms with Crippen molar-refractivity contribution in [3.63, 3.8) is 0 Å². The van der Waals surface area contributed by atoms with Gasteiger partial charge in [0.05, 0.1) is 18.0 Å². The number of anilines is 3. The van der Waals surface area contributed by atoms with E-state index in [1.807, 2.05) is 29.2 Å². The van der Waals surface area contributed by atoms with Gasteiger partial charge in [-0.05, 0) is 91.5 Å². The lowest BCUT2D eigenvalue weighted by Gasteiger charge is -2.31. The van der Waals surface area contributed by atoms with Crippen LogP contribution >= 0.6 is 0 Å². The third kappa shape index (κ3) is 6.25. The lowest BCUT2D eigenvalue weighted by atomic mass is 9.93. The second kappa shape index (κ2) is 13.4. The summed E-state index contributed by atoms with van der Waals surface area (Å²) < 4.78 is 6.72. The van der Waals surface area contributed by atoms with Crippen molar-refractivity contribution in [1.82, 2.24) is 14.5 Å². The van der Waals surface area contributed by atoms with E-state index in [9.17, 15) is 19.5 Å². The second-order valence-electron chi connectivity index (χ2n) is 13.1. The van der Waals surface area contributed by atoms with E-state index in [1.54, 1.807) is 49.5 Å². The van der Waals surface area contributed by atoms with Crippen molar-refractivity contribution in [3.05, 3.63) is 105 Å². The van der Waals surface area contributed by atoms with Gasteiger partial charge in [0.15, 0.2) is 5.82 Å². The summed E-state index contributed by atoms with van der Waals surface area (Å²) >= 11 is 0. The summed E-state index contributed by atoms with van der Waals surface area (Å²) in [7, 11) is 3.36. The van der Waals surface area contributed by atoms with Gasteiger partial charge in [-0.3, -0.25) is 14.4 Å². The van der Waals surface area contributed by atoms with E-state index < -0.39 is 0 Å². The molecule has 2 N–H and O–H groups in total. The minimum atomic E-state index is -0.326. The highest BCUT2D eigenvalue weighted by atomic mass is 16.5. The summed E-state index contributed by atoms with van der Waals surface area (Å²) in [5.74, 6) is 1.12. The largest absolute Gasteiger partial charge is 0.392 e. The van der Waals surface area contributed by atoms with E-state index in [0.717, 1.165) is 31.4 Å². The van der Waals surface area contributed by atoms with Crippen LogP contribution in [0.5, 0.6) is 0 Å². The number of rotatable bonds is 9. The van der Waals surface area contributed by atoms with Gasteiger partial charge in [0.2, 0.25) is 0 Å². The zero-order chi connectivity index (χ0) is 33.4. The number of amides is 2. The number of nitrogens with zero attached hydrogens (tertiary/aromatic N) is 4. The average molecular weight is 648 g/mol. The fourth-order valence-electron chi connectivity index (χ4n) is 7.01. The molecule has 0 radical (unpaired) electrons. The molecule has 1 aromatic heterocycles. The van der Waals surface area contributed by atoms with Crippen LogP contribution in [0.2, 0.25) is 0 Å². The first-order chi connectivity index (χ1) is 23.3. The van der Waals surface area contributed by atoms with E-state index in [0.29, 0.717) is 70.8 Å². The van der Waals surface area contributed by atoms with Crippen LogP contribution in [-0.2, 0) is 24.8 Å². The summed E-state index contributed by atoms with van der Waals surface area (Å²) in [6, 6.07) is 18.8. The molecule has 2 amide bonds. The molecular weight excluding hydrogens is 606 g/mol. The number of ether oxygens (including phenoxy) is 1. The average Bonchev–Trinajstić information content (AvgIpc) is 3.96. The smallest absolute Gasteiger partial charge is 0.293 e. The van der Waals surface area contributed by atoms with Gasteiger partial charge in [0.25, 0.3) is 17.4 Å². The van der Waals surface area contributed by atoms with Crippen molar-refractivity contribution >= 4 is 29.0 Å². The SMILES string of the molecule is COCC1CCN(C(=O)c2ccc(Nc3nc(-c4cccc(N5CCc6cc(C7CC7)ccc6C5=O)c4CO)cn(C)c3=O)cc2)CC1. The molecule has 2 fully saturated rings. The Morgan fingerprint density at radius 1 is 0.979 bits per heavy atom. The number of hydrogen-bond donors (Lipinski definition) is 2. The fraction of sp³-hybridized carbons (Fsp3) is 0.368. The van der Waals surface area contributed by atoms with Crippen LogP contribution < -0.4 is 15.8 Å². The van der Waals surface area contributed by atoms with Crippen LogP contribution in [0, 0.1) is 5.92 Å². The summed E-state index contributed by atoms with van der Waals surface area (Å²) in [6.07, 6.45) is 6.65. The van der Waals surface area contributed by atoms with E-state index in [2.05, 4.69) is 22.4 Å². The van der Waals surface area contributed by atoms with Gasteiger partial charge in [-0.2, -0.15) is 0 Å². The molecular formula is C38H41N5O5. The Labute approximate surface area is 280 Å². The molecule has 3 aromatic carbocycles. The number of fused-ring (bicyclic) bond motifs is 1. The number of carbonyl (C=O) groups excluding carboxylic acids is 2. The van der Waals surface area contributed by atoms with Crippen LogP contribution in [-0.4, -0.2) is 64.7 Å². The van der Waals surface area contributed by atoms with Gasteiger partial charge in [0.1, 0.15) is 0 Å². The standard InChI is InChI=1S/C38H41N5O5/c1-41-21-33(40-35(38(41)47)39-29-11-8-26(9-12-29)36(45)42-17-14-24(15-18-42)23-48-2)31-4-3-5-34(32(31)22-44)43-19-16-28-20-27(25-6-7-25)10-13-30(28)37(43)46/h3-5,8-13,20-21,24-25,44H,6-7,14-19,22-23H2,1-2H3,(H,39,40). The molecule has 2 aliphatic heterocycles. The molecule has 7 rings (SSSR count). The summed E-state index contributed by atoms with van der Waals surface area (Å²) in [6.45, 7) is 2.33. The Kier molecular flexibility index (Phi) is 8.85. The topological polar surface area (TPSA) is 117 Å².